The van der Waals surface area contributed by atoms with Crippen LogP contribution in [0.15, 0.2) is 29.6 Å². The summed E-state index contributed by atoms with van der Waals surface area (Å²) in [5, 5.41) is 2.82. The van der Waals surface area contributed by atoms with Gasteiger partial charge in [0, 0.05) is 10.9 Å². The summed E-state index contributed by atoms with van der Waals surface area (Å²) >= 11 is 1.53. The monoisotopic (exact) mass is 264 g/mol. The second-order valence-corrected chi connectivity index (χ2v) is 6.31. The zero-order valence-electron chi connectivity index (χ0n) is 10.8. The van der Waals surface area contributed by atoms with Gasteiger partial charge in [-0.2, -0.15) is 0 Å². The van der Waals surface area contributed by atoms with E-state index in [2.05, 4.69) is 25.8 Å². The molecular formula is C14H17FN2S. The molecule has 0 fully saturated rings. The zero-order chi connectivity index (χ0) is 13.3. The zero-order valence-corrected chi connectivity index (χ0v) is 11.6. The number of nitrogens with zero attached hydrogens (tertiary/aromatic N) is 1. The minimum atomic E-state index is -0.248. The van der Waals surface area contributed by atoms with Crippen LogP contribution >= 0.6 is 11.3 Å². The Kier molecular flexibility index (Phi) is 3.50. The van der Waals surface area contributed by atoms with E-state index in [1.54, 1.807) is 6.07 Å². The van der Waals surface area contributed by atoms with Crippen LogP contribution in [0, 0.1) is 11.2 Å². The molecule has 0 aliphatic rings. The van der Waals surface area contributed by atoms with Gasteiger partial charge >= 0.3 is 0 Å². The van der Waals surface area contributed by atoms with Gasteiger partial charge in [0.05, 0.1) is 11.7 Å². The van der Waals surface area contributed by atoms with Crippen molar-refractivity contribution in [3.05, 3.63) is 40.5 Å². The lowest BCUT2D eigenvalue weighted by Gasteiger charge is -2.24. The van der Waals surface area contributed by atoms with E-state index < -0.39 is 0 Å². The molecule has 1 aromatic heterocycles. The molecule has 4 heteroatoms. The highest BCUT2D eigenvalue weighted by Gasteiger charge is 2.25. The van der Waals surface area contributed by atoms with Crippen LogP contribution in [0.5, 0.6) is 0 Å². The molecule has 1 aromatic carbocycles. The summed E-state index contributed by atoms with van der Waals surface area (Å²) < 4.78 is 13.2. The Hall–Kier alpha value is -1.26. The van der Waals surface area contributed by atoms with E-state index in [0.29, 0.717) is 0 Å². The number of halogens is 1. The fraction of sp³-hybridized carbons (Fsp3) is 0.357. The van der Waals surface area contributed by atoms with Crippen molar-refractivity contribution in [3.63, 3.8) is 0 Å². The Morgan fingerprint density at radius 3 is 2.67 bits per heavy atom. The maximum Gasteiger partial charge on any atom is 0.123 e. The maximum absolute atomic E-state index is 13.2. The Labute approximate surface area is 111 Å². The van der Waals surface area contributed by atoms with Crippen molar-refractivity contribution >= 4 is 11.3 Å². The van der Waals surface area contributed by atoms with Crippen molar-refractivity contribution in [3.8, 4) is 11.3 Å². The summed E-state index contributed by atoms with van der Waals surface area (Å²) in [5.74, 6) is -0.248. The molecule has 0 bridgehead atoms. The van der Waals surface area contributed by atoms with Crippen LogP contribution in [-0.2, 0) is 0 Å². The summed E-state index contributed by atoms with van der Waals surface area (Å²) in [4.78, 5) is 4.51. The Morgan fingerprint density at radius 1 is 1.33 bits per heavy atom. The van der Waals surface area contributed by atoms with Gasteiger partial charge in [0.15, 0.2) is 0 Å². The Morgan fingerprint density at radius 2 is 2.06 bits per heavy atom. The van der Waals surface area contributed by atoms with Crippen LogP contribution < -0.4 is 5.73 Å². The third-order valence-corrected chi connectivity index (χ3v) is 3.77. The molecule has 0 aliphatic heterocycles. The van der Waals surface area contributed by atoms with Crippen molar-refractivity contribution in [2.24, 2.45) is 11.1 Å². The summed E-state index contributed by atoms with van der Waals surface area (Å²) in [6.07, 6.45) is 0. The molecule has 0 radical (unpaired) electrons. The molecule has 0 saturated carbocycles. The summed E-state index contributed by atoms with van der Waals surface area (Å²) in [6.45, 7) is 6.25. The first kappa shape index (κ1) is 13.2. The lowest BCUT2D eigenvalue weighted by atomic mass is 9.88. The third kappa shape index (κ3) is 2.76. The van der Waals surface area contributed by atoms with E-state index in [9.17, 15) is 4.39 Å². The molecule has 2 N–H and O–H groups in total. The second-order valence-electron chi connectivity index (χ2n) is 5.43. The van der Waals surface area contributed by atoms with Gasteiger partial charge in [-0.3, -0.25) is 0 Å². The first-order valence-corrected chi connectivity index (χ1v) is 6.73. The number of benzene rings is 1. The first-order valence-electron chi connectivity index (χ1n) is 5.85. The molecule has 18 heavy (non-hydrogen) atoms. The van der Waals surface area contributed by atoms with Gasteiger partial charge in [0.2, 0.25) is 0 Å². The van der Waals surface area contributed by atoms with Crippen molar-refractivity contribution in [1.82, 2.24) is 4.98 Å². The normalized spacial score (nSPS) is 13.6. The fourth-order valence-corrected chi connectivity index (χ4v) is 2.65. The van der Waals surface area contributed by atoms with Crippen LogP contribution in [0.2, 0.25) is 0 Å². The van der Waals surface area contributed by atoms with Gasteiger partial charge in [-0.15, -0.1) is 11.3 Å². The van der Waals surface area contributed by atoms with E-state index in [-0.39, 0.29) is 17.3 Å². The van der Waals surface area contributed by atoms with Gasteiger partial charge in [0.25, 0.3) is 0 Å². The molecule has 0 spiro atoms. The topological polar surface area (TPSA) is 38.9 Å². The van der Waals surface area contributed by atoms with Gasteiger partial charge in [0.1, 0.15) is 10.8 Å². The molecule has 1 heterocycles. The highest BCUT2D eigenvalue weighted by molar-refractivity contribution is 7.10. The highest BCUT2D eigenvalue weighted by Crippen LogP contribution is 2.34. The predicted octanol–water partition coefficient (Wildman–Crippen LogP) is 4.00. The number of aromatic nitrogens is 1. The summed E-state index contributed by atoms with van der Waals surface area (Å²) in [5.41, 5.74) is 7.71. The standard InChI is InChI=1S/C14H17FN2S/c1-14(2,3)12(16)13-17-11(8-18-13)9-5-4-6-10(15)7-9/h4-8,12H,16H2,1-3H3. The molecule has 1 atom stereocenters. The van der Waals surface area contributed by atoms with Gasteiger partial charge in [-0.05, 0) is 17.5 Å². The predicted molar refractivity (Wildman–Crippen MR) is 73.9 cm³/mol. The maximum atomic E-state index is 13.2. The lowest BCUT2D eigenvalue weighted by Crippen LogP contribution is -2.26. The highest BCUT2D eigenvalue weighted by atomic mass is 32.1. The number of nitrogens with two attached hydrogens (primary N) is 1. The molecule has 0 saturated heterocycles. The van der Waals surface area contributed by atoms with Gasteiger partial charge < -0.3 is 5.73 Å². The Bertz CT molecular complexity index is 543. The molecule has 1 unspecified atom stereocenters. The Balaban J connectivity index is 2.31. The van der Waals surface area contributed by atoms with Crippen LogP contribution in [0.3, 0.4) is 0 Å². The summed E-state index contributed by atoms with van der Waals surface area (Å²) in [7, 11) is 0. The first-order chi connectivity index (χ1) is 8.38. The smallest absolute Gasteiger partial charge is 0.123 e. The third-order valence-electron chi connectivity index (χ3n) is 2.84. The quantitative estimate of drug-likeness (QED) is 0.890. The van der Waals surface area contributed by atoms with Crippen LogP contribution in [0.1, 0.15) is 31.8 Å². The van der Waals surface area contributed by atoms with Crippen molar-refractivity contribution < 1.29 is 4.39 Å². The van der Waals surface area contributed by atoms with Crippen LogP contribution in [0.4, 0.5) is 4.39 Å². The number of hydrogen-bond donors (Lipinski definition) is 1. The van der Waals surface area contributed by atoms with Crippen LogP contribution in [0.25, 0.3) is 11.3 Å². The molecule has 0 amide bonds. The summed E-state index contributed by atoms with van der Waals surface area (Å²) in [6, 6.07) is 6.35. The number of thiazole rings is 1. The van der Waals surface area contributed by atoms with Gasteiger partial charge in [-0.25, -0.2) is 9.37 Å². The molecule has 2 aromatic rings. The molecule has 96 valence electrons. The minimum absolute atomic E-state index is 0.0307. The second kappa shape index (κ2) is 4.78. The molecule has 2 nitrogen and oxygen atoms in total. The molecule has 2 rings (SSSR count). The lowest BCUT2D eigenvalue weighted by molar-refractivity contribution is 0.326. The van der Waals surface area contributed by atoms with Crippen LogP contribution in [-0.4, -0.2) is 4.98 Å². The van der Waals surface area contributed by atoms with E-state index in [0.717, 1.165) is 16.3 Å². The van der Waals surface area contributed by atoms with E-state index in [1.165, 1.54) is 23.5 Å². The molecule has 0 aliphatic carbocycles. The minimum Gasteiger partial charge on any atom is -0.322 e. The van der Waals surface area contributed by atoms with Gasteiger partial charge in [-0.1, -0.05) is 32.9 Å². The van der Waals surface area contributed by atoms with E-state index in [4.69, 9.17) is 5.73 Å². The largest absolute Gasteiger partial charge is 0.322 e. The average Bonchev–Trinajstić information content (AvgIpc) is 2.75. The molecular weight excluding hydrogens is 247 g/mol. The van der Waals surface area contributed by atoms with Crippen molar-refractivity contribution in [2.45, 2.75) is 26.8 Å². The van der Waals surface area contributed by atoms with E-state index >= 15 is 0 Å². The average molecular weight is 264 g/mol. The number of rotatable bonds is 2. The van der Waals surface area contributed by atoms with E-state index in [1.807, 2.05) is 11.4 Å². The van der Waals surface area contributed by atoms with Crippen molar-refractivity contribution in [1.29, 1.82) is 0 Å². The van der Waals surface area contributed by atoms with Crippen molar-refractivity contribution in [2.75, 3.05) is 0 Å². The SMILES string of the molecule is CC(C)(C)C(N)c1nc(-c2cccc(F)c2)cs1. The fourth-order valence-electron chi connectivity index (χ4n) is 1.58. The number of hydrogen-bond acceptors (Lipinski definition) is 3.